The predicted molar refractivity (Wildman–Crippen MR) is 130 cm³/mol. The van der Waals surface area contributed by atoms with Gasteiger partial charge in [-0.3, -0.25) is 9.59 Å². The minimum atomic E-state index is -0.537. The Morgan fingerprint density at radius 3 is 2.32 bits per heavy atom. The van der Waals surface area contributed by atoms with E-state index in [1.54, 1.807) is 0 Å². The molecule has 4 bridgehead atoms. The van der Waals surface area contributed by atoms with E-state index in [0.29, 0.717) is 51.7 Å². The molecule has 2 heterocycles. The Hall–Kier alpha value is -2.86. The first kappa shape index (κ1) is 22.9. The lowest BCUT2D eigenvalue weighted by Gasteiger charge is -2.42. The molecule has 180 valence electrons. The fourth-order valence-corrected chi connectivity index (χ4v) is 5.74. The van der Waals surface area contributed by atoms with E-state index >= 15 is 0 Å². The fraction of sp³-hybridized carbons (Fsp3) is 0.500. The highest BCUT2D eigenvalue weighted by Gasteiger charge is 2.43. The number of amides is 2. The monoisotopic (exact) mass is 462 g/mol. The van der Waals surface area contributed by atoms with Crippen LogP contribution < -0.4 is 10.1 Å². The lowest BCUT2D eigenvalue weighted by molar-refractivity contribution is -0.144. The molecule has 2 aromatic carbocycles. The summed E-state index contributed by atoms with van der Waals surface area (Å²) in [5.41, 5.74) is 1.66. The van der Waals surface area contributed by atoms with Crippen LogP contribution in [0.2, 0.25) is 0 Å². The van der Waals surface area contributed by atoms with Crippen LogP contribution in [-0.4, -0.2) is 47.6 Å². The Kier molecular flexibility index (Phi) is 6.59. The third kappa shape index (κ3) is 4.97. The van der Waals surface area contributed by atoms with Crippen LogP contribution in [0.15, 0.2) is 48.5 Å². The van der Waals surface area contributed by atoms with Crippen LogP contribution in [0.3, 0.4) is 0 Å². The van der Waals surface area contributed by atoms with Gasteiger partial charge in [0.25, 0.3) is 0 Å². The number of aliphatic hydroxyl groups excluding tert-OH is 1. The molecular weight excluding hydrogens is 428 g/mol. The highest BCUT2D eigenvalue weighted by atomic mass is 16.5. The van der Waals surface area contributed by atoms with Gasteiger partial charge in [0.2, 0.25) is 11.8 Å². The van der Waals surface area contributed by atoms with Gasteiger partial charge in [0.05, 0.1) is 11.5 Å². The molecule has 1 saturated heterocycles. The van der Waals surface area contributed by atoms with Crippen molar-refractivity contribution >= 4 is 11.8 Å². The van der Waals surface area contributed by atoms with Crippen molar-refractivity contribution in [2.45, 2.75) is 57.5 Å². The Morgan fingerprint density at radius 2 is 1.62 bits per heavy atom. The number of carbonyl (C=O) groups is 2. The quantitative estimate of drug-likeness (QED) is 0.675. The van der Waals surface area contributed by atoms with E-state index in [1.165, 1.54) is 0 Å². The van der Waals surface area contributed by atoms with E-state index in [0.717, 1.165) is 41.9 Å². The van der Waals surface area contributed by atoms with Gasteiger partial charge in [0.15, 0.2) is 0 Å². The first-order chi connectivity index (χ1) is 16.5. The minimum Gasteiger partial charge on any atom is -0.457 e. The third-order valence-corrected chi connectivity index (χ3v) is 7.83. The number of nitrogens with one attached hydrogen (secondary N) is 1. The number of hydrogen-bond donors (Lipinski definition) is 2. The molecule has 2 fully saturated rings. The Bertz CT molecular complexity index is 1040. The number of likely N-dealkylation sites (tertiary alicyclic amines) is 1. The van der Waals surface area contributed by atoms with Crippen LogP contribution >= 0.6 is 0 Å². The lowest BCUT2D eigenvalue weighted by Crippen LogP contribution is -2.52. The van der Waals surface area contributed by atoms with Gasteiger partial charge < -0.3 is 20.1 Å². The van der Waals surface area contributed by atoms with E-state index in [1.807, 2.05) is 41.3 Å². The number of carbonyl (C=O) groups excluding carboxylic acids is 2. The van der Waals surface area contributed by atoms with Crippen LogP contribution in [0.5, 0.6) is 11.5 Å². The maximum Gasteiger partial charge on any atom is 0.226 e. The van der Waals surface area contributed by atoms with Crippen LogP contribution in [0.25, 0.3) is 0 Å². The molecule has 34 heavy (non-hydrogen) atoms. The highest BCUT2D eigenvalue weighted by molar-refractivity contribution is 5.84. The molecule has 0 unspecified atom stereocenters. The van der Waals surface area contributed by atoms with E-state index in [4.69, 9.17) is 4.74 Å². The molecule has 6 nitrogen and oxygen atoms in total. The molecule has 1 aliphatic carbocycles. The molecule has 2 N–H and O–H groups in total. The summed E-state index contributed by atoms with van der Waals surface area (Å²) in [5, 5.41) is 13.0. The largest absolute Gasteiger partial charge is 0.457 e. The van der Waals surface area contributed by atoms with Gasteiger partial charge in [0.1, 0.15) is 11.5 Å². The van der Waals surface area contributed by atoms with Gasteiger partial charge in [-0.15, -0.1) is 0 Å². The first-order valence-electron chi connectivity index (χ1n) is 12.6. The van der Waals surface area contributed by atoms with E-state index in [-0.39, 0.29) is 23.8 Å². The topological polar surface area (TPSA) is 78.9 Å². The zero-order valence-electron chi connectivity index (χ0n) is 19.7. The van der Waals surface area contributed by atoms with Crippen molar-refractivity contribution in [3.63, 3.8) is 0 Å². The second-order valence-corrected chi connectivity index (χ2v) is 10.2. The Morgan fingerprint density at radius 1 is 0.971 bits per heavy atom. The van der Waals surface area contributed by atoms with Crippen molar-refractivity contribution in [2.24, 2.45) is 11.3 Å². The number of fused-ring (bicyclic) bond motifs is 4. The van der Waals surface area contributed by atoms with Gasteiger partial charge in [-0.2, -0.15) is 0 Å². The number of ether oxygens (including phenoxy) is 1. The summed E-state index contributed by atoms with van der Waals surface area (Å²) in [5.74, 6) is 1.87. The zero-order chi connectivity index (χ0) is 23.5. The van der Waals surface area contributed by atoms with Crippen LogP contribution in [0.1, 0.15) is 49.7 Å². The van der Waals surface area contributed by atoms with Crippen LogP contribution in [0, 0.1) is 11.3 Å². The number of nitrogens with zero attached hydrogens (tertiary/aromatic N) is 1. The molecule has 2 amide bonds. The van der Waals surface area contributed by atoms with Gasteiger partial charge in [-0.1, -0.05) is 24.3 Å². The summed E-state index contributed by atoms with van der Waals surface area (Å²) in [6.07, 6.45) is 5.34. The Labute approximate surface area is 201 Å². The molecule has 2 aliphatic heterocycles. The van der Waals surface area contributed by atoms with Gasteiger partial charge in [-0.25, -0.2) is 0 Å². The molecular formula is C28H34N2O4. The first-order valence-corrected chi connectivity index (χ1v) is 12.6. The average molecular weight is 463 g/mol. The van der Waals surface area contributed by atoms with Crippen molar-refractivity contribution in [3.8, 4) is 11.5 Å². The molecule has 2 aromatic rings. The number of benzene rings is 2. The maximum absolute atomic E-state index is 13.6. The normalized spacial score (nSPS) is 24.7. The molecule has 5 rings (SSSR count). The summed E-state index contributed by atoms with van der Waals surface area (Å²) in [7, 11) is 0. The molecule has 1 spiro atoms. The van der Waals surface area contributed by atoms with Crippen molar-refractivity contribution in [3.05, 3.63) is 59.7 Å². The average Bonchev–Trinajstić information content (AvgIpc) is 2.85. The molecule has 6 heteroatoms. The molecule has 0 atom stereocenters. The summed E-state index contributed by atoms with van der Waals surface area (Å²) < 4.78 is 6.12. The van der Waals surface area contributed by atoms with Crippen LogP contribution in [0.4, 0.5) is 0 Å². The second-order valence-electron chi connectivity index (χ2n) is 10.2. The van der Waals surface area contributed by atoms with Crippen molar-refractivity contribution in [1.29, 1.82) is 0 Å². The number of piperidine rings is 1. The zero-order valence-corrected chi connectivity index (χ0v) is 19.7. The van der Waals surface area contributed by atoms with Gasteiger partial charge in [-0.05, 0) is 86.8 Å². The summed E-state index contributed by atoms with van der Waals surface area (Å²) >= 11 is 0. The highest BCUT2D eigenvalue weighted by Crippen LogP contribution is 2.38. The summed E-state index contributed by atoms with van der Waals surface area (Å²) in [6.45, 7) is 1.78. The van der Waals surface area contributed by atoms with E-state index in [9.17, 15) is 14.7 Å². The number of hydrogen-bond acceptors (Lipinski definition) is 4. The fourth-order valence-electron chi connectivity index (χ4n) is 5.74. The van der Waals surface area contributed by atoms with Gasteiger partial charge >= 0.3 is 0 Å². The third-order valence-electron chi connectivity index (χ3n) is 7.83. The Balaban J connectivity index is 1.34. The molecule has 3 aliphatic rings. The molecule has 0 radical (unpaired) electrons. The standard InChI is InChI=1S/C28H34N2O4/c31-23-9-7-22(8-10-23)26(32)30-15-12-28(13-16-30)19-21-4-2-6-25(18-21)34-24-5-1-3-20(17-24)11-14-29-27(28)33/h1-6,17-18,22-23,31H,7-16,19H2,(H,29,33). The molecule has 1 saturated carbocycles. The van der Waals surface area contributed by atoms with Crippen LogP contribution in [-0.2, 0) is 22.4 Å². The van der Waals surface area contributed by atoms with Crippen molar-refractivity contribution < 1.29 is 19.4 Å². The smallest absolute Gasteiger partial charge is 0.226 e. The van der Waals surface area contributed by atoms with Crippen molar-refractivity contribution in [2.75, 3.05) is 19.6 Å². The van der Waals surface area contributed by atoms with E-state index < -0.39 is 5.41 Å². The lowest BCUT2D eigenvalue weighted by atomic mass is 9.72. The number of rotatable bonds is 1. The maximum atomic E-state index is 13.6. The van der Waals surface area contributed by atoms with E-state index in [2.05, 4.69) is 17.4 Å². The van der Waals surface area contributed by atoms with Gasteiger partial charge in [0, 0.05) is 25.6 Å². The minimum absolute atomic E-state index is 0.00940. The summed E-state index contributed by atoms with van der Waals surface area (Å²) in [6, 6.07) is 16.0. The summed E-state index contributed by atoms with van der Waals surface area (Å²) in [4.78, 5) is 28.6. The SMILES string of the molecule is O=C(C1CCC(O)CC1)N1CCC2(CC1)Cc1cccc(c1)Oc1cccc(c1)CCNC2=O. The second kappa shape index (κ2) is 9.79. The van der Waals surface area contributed by atoms with Crippen molar-refractivity contribution in [1.82, 2.24) is 10.2 Å². The number of aliphatic hydroxyl groups is 1. The predicted octanol–water partition coefficient (Wildman–Crippen LogP) is 3.85. The molecule has 0 aromatic heterocycles.